The van der Waals surface area contributed by atoms with Crippen molar-refractivity contribution >= 4 is 0 Å². The zero-order valence-electron chi connectivity index (χ0n) is 11.7. The number of fused-ring (bicyclic) bond motifs is 2. The lowest BCUT2D eigenvalue weighted by Crippen LogP contribution is -2.59. The van der Waals surface area contributed by atoms with E-state index in [4.69, 9.17) is 9.47 Å². The van der Waals surface area contributed by atoms with Gasteiger partial charge < -0.3 is 9.47 Å². The molecule has 1 unspecified atom stereocenters. The van der Waals surface area contributed by atoms with Gasteiger partial charge in [-0.3, -0.25) is 0 Å². The van der Waals surface area contributed by atoms with Crippen LogP contribution < -0.4 is 0 Å². The molecule has 0 aromatic heterocycles. The van der Waals surface area contributed by atoms with Crippen molar-refractivity contribution in [2.45, 2.75) is 77.1 Å². The summed E-state index contributed by atoms with van der Waals surface area (Å²) in [5, 5.41) is 0. The van der Waals surface area contributed by atoms with E-state index in [0.717, 1.165) is 6.61 Å². The number of hydrogen-bond acceptors (Lipinski definition) is 2. The van der Waals surface area contributed by atoms with Gasteiger partial charge in [-0.05, 0) is 50.9 Å². The number of rotatable bonds is 0. The molecule has 98 valence electrons. The first-order valence-electron chi connectivity index (χ1n) is 7.18. The fourth-order valence-electron chi connectivity index (χ4n) is 4.49. The molecule has 17 heavy (non-hydrogen) atoms. The van der Waals surface area contributed by atoms with Gasteiger partial charge in [-0.15, -0.1) is 0 Å². The van der Waals surface area contributed by atoms with Gasteiger partial charge in [0.05, 0.1) is 17.8 Å². The van der Waals surface area contributed by atoms with Crippen molar-refractivity contribution in [2.75, 3.05) is 6.61 Å². The predicted molar refractivity (Wildman–Crippen MR) is 68.0 cm³/mol. The Labute approximate surface area is 105 Å². The lowest BCUT2D eigenvalue weighted by atomic mass is 9.60. The maximum atomic E-state index is 6.52. The van der Waals surface area contributed by atoms with Crippen LogP contribution in [0.3, 0.4) is 0 Å². The van der Waals surface area contributed by atoms with E-state index in [1.165, 1.54) is 32.1 Å². The molecule has 1 aliphatic carbocycles. The maximum Gasteiger partial charge on any atom is 0.110 e. The smallest absolute Gasteiger partial charge is 0.110 e. The SMILES string of the molecule is CC1(C)CCC[C@]2(C)O[C@H]3COC3(C)CC[C@@H]12. The van der Waals surface area contributed by atoms with Gasteiger partial charge in [-0.2, -0.15) is 0 Å². The highest BCUT2D eigenvalue weighted by atomic mass is 16.6. The van der Waals surface area contributed by atoms with E-state index >= 15 is 0 Å². The van der Waals surface area contributed by atoms with Gasteiger partial charge in [0.1, 0.15) is 6.10 Å². The van der Waals surface area contributed by atoms with Gasteiger partial charge in [0, 0.05) is 0 Å². The molecule has 2 aliphatic heterocycles. The summed E-state index contributed by atoms with van der Waals surface area (Å²) in [6.07, 6.45) is 6.65. The summed E-state index contributed by atoms with van der Waals surface area (Å²) >= 11 is 0. The Kier molecular flexibility index (Phi) is 2.45. The molecule has 0 spiro atoms. The summed E-state index contributed by atoms with van der Waals surface area (Å²) in [7, 11) is 0. The third kappa shape index (κ3) is 1.67. The molecule has 2 heteroatoms. The Hall–Kier alpha value is -0.0800. The summed E-state index contributed by atoms with van der Waals surface area (Å²) in [6, 6.07) is 0. The molecule has 2 nitrogen and oxygen atoms in total. The van der Waals surface area contributed by atoms with Crippen LogP contribution >= 0.6 is 0 Å². The first kappa shape index (κ1) is 12.0. The molecule has 0 amide bonds. The van der Waals surface area contributed by atoms with Crippen molar-refractivity contribution < 1.29 is 9.47 Å². The summed E-state index contributed by atoms with van der Waals surface area (Å²) in [5.41, 5.74) is 0.525. The van der Waals surface area contributed by atoms with Gasteiger partial charge in [0.15, 0.2) is 0 Å². The minimum atomic E-state index is 0.0103. The number of hydrogen-bond donors (Lipinski definition) is 0. The predicted octanol–water partition coefficient (Wildman–Crippen LogP) is 3.54. The van der Waals surface area contributed by atoms with E-state index in [-0.39, 0.29) is 11.2 Å². The number of ether oxygens (including phenoxy) is 2. The molecule has 0 bridgehead atoms. The Morgan fingerprint density at radius 2 is 1.71 bits per heavy atom. The van der Waals surface area contributed by atoms with Crippen LogP contribution in [0.1, 0.15) is 59.8 Å². The van der Waals surface area contributed by atoms with Crippen LogP contribution in [0.2, 0.25) is 0 Å². The minimum absolute atomic E-state index is 0.0103. The fraction of sp³-hybridized carbons (Fsp3) is 1.00. The highest BCUT2D eigenvalue weighted by Crippen LogP contribution is 2.55. The van der Waals surface area contributed by atoms with E-state index in [1.54, 1.807) is 0 Å². The third-order valence-corrected chi connectivity index (χ3v) is 5.76. The van der Waals surface area contributed by atoms with E-state index < -0.39 is 0 Å². The molecule has 2 saturated heterocycles. The molecule has 4 atom stereocenters. The van der Waals surface area contributed by atoms with Crippen molar-refractivity contribution in [2.24, 2.45) is 11.3 Å². The van der Waals surface area contributed by atoms with Gasteiger partial charge in [-0.1, -0.05) is 20.3 Å². The van der Waals surface area contributed by atoms with Crippen LogP contribution in [-0.4, -0.2) is 23.9 Å². The second-order valence-electron chi connectivity index (χ2n) is 7.48. The molecule has 0 aromatic rings. The Balaban J connectivity index is 1.90. The molecule has 3 fully saturated rings. The van der Waals surface area contributed by atoms with Crippen LogP contribution in [0.5, 0.6) is 0 Å². The zero-order chi connectivity index (χ0) is 12.3. The molecular formula is C15H26O2. The maximum absolute atomic E-state index is 6.52. The second-order valence-corrected chi connectivity index (χ2v) is 7.48. The summed E-state index contributed by atoms with van der Waals surface area (Å²) in [5.74, 6) is 0.690. The van der Waals surface area contributed by atoms with Crippen molar-refractivity contribution in [3.8, 4) is 0 Å². The second kappa shape index (κ2) is 3.48. The first-order valence-corrected chi connectivity index (χ1v) is 7.18. The van der Waals surface area contributed by atoms with Gasteiger partial charge >= 0.3 is 0 Å². The fourth-order valence-corrected chi connectivity index (χ4v) is 4.49. The highest BCUT2D eigenvalue weighted by Gasteiger charge is 2.56. The topological polar surface area (TPSA) is 18.5 Å². The summed E-state index contributed by atoms with van der Waals surface area (Å²) in [6.45, 7) is 10.2. The van der Waals surface area contributed by atoms with Crippen molar-refractivity contribution in [1.82, 2.24) is 0 Å². The van der Waals surface area contributed by atoms with Gasteiger partial charge in [0.2, 0.25) is 0 Å². The average molecular weight is 238 g/mol. The summed E-state index contributed by atoms with van der Waals surface area (Å²) in [4.78, 5) is 0. The molecule has 0 aromatic carbocycles. The van der Waals surface area contributed by atoms with Crippen LogP contribution in [0.25, 0.3) is 0 Å². The molecule has 1 saturated carbocycles. The van der Waals surface area contributed by atoms with Gasteiger partial charge in [0.25, 0.3) is 0 Å². The average Bonchev–Trinajstić information content (AvgIpc) is 2.29. The van der Waals surface area contributed by atoms with E-state index in [0.29, 0.717) is 17.4 Å². The Morgan fingerprint density at radius 3 is 2.35 bits per heavy atom. The zero-order valence-corrected chi connectivity index (χ0v) is 11.7. The monoisotopic (exact) mass is 238 g/mol. The Bertz CT molecular complexity index is 325. The highest BCUT2D eigenvalue weighted by molar-refractivity contribution is 5.05. The van der Waals surface area contributed by atoms with Crippen molar-refractivity contribution in [1.29, 1.82) is 0 Å². The minimum Gasteiger partial charge on any atom is -0.370 e. The molecular weight excluding hydrogens is 212 g/mol. The van der Waals surface area contributed by atoms with Crippen LogP contribution in [0, 0.1) is 11.3 Å². The van der Waals surface area contributed by atoms with Gasteiger partial charge in [-0.25, -0.2) is 0 Å². The van der Waals surface area contributed by atoms with Crippen LogP contribution in [-0.2, 0) is 9.47 Å². The van der Waals surface area contributed by atoms with Crippen molar-refractivity contribution in [3.63, 3.8) is 0 Å². The van der Waals surface area contributed by atoms with E-state index in [9.17, 15) is 0 Å². The molecule has 3 aliphatic rings. The molecule has 3 rings (SSSR count). The largest absolute Gasteiger partial charge is 0.370 e. The first-order chi connectivity index (χ1) is 7.86. The normalized spacial score (nSPS) is 52.9. The van der Waals surface area contributed by atoms with Crippen LogP contribution in [0.15, 0.2) is 0 Å². The Morgan fingerprint density at radius 1 is 0.941 bits per heavy atom. The lowest BCUT2D eigenvalue weighted by molar-refractivity contribution is -0.281. The quantitative estimate of drug-likeness (QED) is 0.642. The molecule has 2 heterocycles. The van der Waals surface area contributed by atoms with E-state index in [1.807, 2.05) is 0 Å². The standard InChI is InChI=1S/C15H26O2/c1-13(2)7-5-8-14(3)11(13)6-9-15(4)12(17-14)10-16-15/h11-12H,5-10H2,1-4H3/t11-,12-,14-,15?/m0/s1. The third-order valence-electron chi connectivity index (χ3n) is 5.76. The van der Waals surface area contributed by atoms with E-state index in [2.05, 4.69) is 27.7 Å². The molecule has 0 N–H and O–H groups in total. The van der Waals surface area contributed by atoms with Crippen molar-refractivity contribution in [3.05, 3.63) is 0 Å². The van der Waals surface area contributed by atoms with Crippen LogP contribution in [0.4, 0.5) is 0 Å². The lowest BCUT2D eigenvalue weighted by Gasteiger charge is -2.52. The summed E-state index contributed by atoms with van der Waals surface area (Å²) < 4.78 is 12.3. The molecule has 0 radical (unpaired) electrons.